The van der Waals surface area contributed by atoms with Gasteiger partial charge in [-0.05, 0) is 42.8 Å². The fourth-order valence-electron chi connectivity index (χ4n) is 3.26. The highest BCUT2D eigenvalue weighted by atomic mass is 35.5. The molecule has 0 radical (unpaired) electrons. The highest BCUT2D eigenvalue weighted by Gasteiger charge is 2.33. The van der Waals surface area contributed by atoms with E-state index in [9.17, 15) is 14.4 Å². The van der Waals surface area contributed by atoms with Crippen LogP contribution < -0.4 is 10.6 Å². The first kappa shape index (κ1) is 22.1. The molecule has 2 aromatic carbocycles. The molecular formula is C22H23Cl2N3O3. The summed E-state index contributed by atoms with van der Waals surface area (Å²) in [6.07, 6.45) is 2.17. The summed E-state index contributed by atoms with van der Waals surface area (Å²) in [6, 6.07) is 11.5. The van der Waals surface area contributed by atoms with Gasteiger partial charge in [-0.3, -0.25) is 14.4 Å². The summed E-state index contributed by atoms with van der Waals surface area (Å²) in [5.41, 5.74) is 1.40. The maximum atomic E-state index is 12.5. The maximum absolute atomic E-state index is 12.5. The van der Waals surface area contributed by atoms with Crippen molar-refractivity contribution in [2.24, 2.45) is 5.92 Å². The average molecular weight is 448 g/mol. The molecule has 2 aromatic rings. The molecule has 1 aliphatic rings. The number of hydrogen-bond acceptors (Lipinski definition) is 3. The Bertz CT molecular complexity index is 947. The predicted molar refractivity (Wildman–Crippen MR) is 119 cm³/mol. The van der Waals surface area contributed by atoms with E-state index in [0.717, 1.165) is 12.8 Å². The Kier molecular flexibility index (Phi) is 7.34. The minimum atomic E-state index is -0.359. The molecule has 1 fully saturated rings. The maximum Gasteiger partial charge on any atom is 0.255 e. The smallest absolute Gasteiger partial charge is 0.255 e. The van der Waals surface area contributed by atoms with E-state index < -0.39 is 0 Å². The molecule has 0 unspecified atom stereocenters. The largest absolute Gasteiger partial charge is 0.342 e. The van der Waals surface area contributed by atoms with E-state index >= 15 is 0 Å². The lowest BCUT2D eigenvalue weighted by Crippen LogP contribution is -2.29. The van der Waals surface area contributed by atoms with Crippen molar-refractivity contribution in [3.63, 3.8) is 0 Å². The third-order valence-corrected chi connectivity index (χ3v) is 5.80. The average Bonchev–Trinajstić information content (AvgIpc) is 3.11. The van der Waals surface area contributed by atoms with Crippen LogP contribution in [0.15, 0.2) is 42.5 Å². The van der Waals surface area contributed by atoms with Crippen molar-refractivity contribution in [2.45, 2.75) is 26.2 Å². The van der Waals surface area contributed by atoms with E-state index in [1.807, 2.05) is 0 Å². The number of carbonyl (C=O) groups excluding carboxylic acids is 3. The molecule has 3 amide bonds. The SMILES string of the molecule is CCCCN1C[C@@H](C(=O)Nc2ccc(C(=O)Nc3cccc(Cl)c3Cl)cc2)CC1=O. The van der Waals surface area contributed by atoms with Crippen LogP contribution in [0.3, 0.4) is 0 Å². The van der Waals surface area contributed by atoms with Gasteiger partial charge >= 0.3 is 0 Å². The highest BCUT2D eigenvalue weighted by Crippen LogP contribution is 2.30. The Morgan fingerprint density at radius 2 is 1.83 bits per heavy atom. The number of rotatable bonds is 7. The van der Waals surface area contributed by atoms with Crippen LogP contribution in [0.4, 0.5) is 11.4 Å². The molecule has 2 N–H and O–H groups in total. The standard InChI is InChI=1S/C22H23Cl2N3O3/c1-2-3-11-27-13-15(12-19(27)28)22(30)25-16-9-7-14(8-10-16)21(29)26-18-6-4-5-17(23)20(18)24/h4-10,15H,2-3,11-13H2,1H3,(H,25,30)(H,26,29)/t15-/m0/s1. The van der Waals surface area contributed by atoms with Crippen LogP contribution >= 0.6 is 23.2 Å². The van der Waals surface area contributed by atoms with Gasteiger partial charge in [0.1, 0.15) is 0 Å². The number of anilines is 2. The van der Waals surface area contributed by atoms with Crippen molar-refractivity contribution < 1.29 is 14.4 Å². The molecule has 0 aromatic heterocycles. The van der Waals surface area contributed by atoms with Gasteiger partial charge in [-0.25, -0.2) is 0 Å². The third-order valence-electron chi connectivity index (χ3n) is 4.98. The Balaban J connectivity index is 1.58. The summed E-state index contributed by atoms with van der Waals surface area (Å²) in [7, 11) is 0. The molecule has 1 atom stereocenters. The summed E-state index contributed by atoms with van der Waals surface area (Å²) in [4.78, 5) is 38.7. The first-order valence-corrected chi connectivity index (χ1v) is 10.6. The zero-order chi connectivity index (χ0) is 21.7. The molecule has 1 saturated heterocycles. The Morgan fingerprint density at radius 1 is 1.10 bits per heavy atom. The van der Waals surface area contributed by atoms with Gasteiger partial charge in [0.15, 0.2) is 0 Å². The molecule has 0 spiro atoms. The van der Waals surface area contributed by atoms with Crippen molar-refractivity contribution in [1.82, 2.24) is 4.90 Å². The van der Waals surface area contributed by atoms with Gasteiger partial charge in [-0.1, -0.05) is 42.6 Å². The minimum Gasteiger partial charge on any atom is -0.342 e. The lowest BCUT2D eigenvalue weighted by atomic mass is 10.1. The molecular weight excluding hydrogens is 425 g/mol. The molecule has 0 bridgehead atoms. The van der Waals surface area contributed by atoms with Crippen LogP contribution in [-0.2, 0) is 9.59 Å². The molecule has 8 heteroatoms. The Labute approximate surface area is 185 Å². The summed E-state index contributed by atoms with van der Waals surface area (Å²) >= 11 is 12.1. The molecule has 6 nitrogen and oxygen atoms in total. The van der Waals surface area contributed by atoms with Crippen LogP contribution in [0, 0.1) is 5.92 Å². The van der Waals surface area contributed by atoms with Gasteiger partial charge in [0.05, 0.1) is 21.7 Å². The Hall–Kier alpha value is -2.57. The predicted octanol–water partition coefficient (Wildman–Crippen LogP) is 4.83. The van der Waals surface area contributed by atoms with Crippen LogP contribution in [0.1, 0.15) is 36.5 Å². The number of hydrogen-bond donors (Lipinski definition) is 2. The third kappa shape index (κ3) is 5.32. The summed E-state index contributed by atoms with van der Waals surface area (Å²) in [5, 5.41) is 6.17. The monoisotopic (exact) mass is 447 g/mol. The van der Waals surface area contributed by atoms with Crippen LogP contribution in [0.5, 0.6) is 0 Å². The lowest BCUT2D eigenvalue weighted by Gasteiger charge is -2.16. The number of unbranched alkanes of at least 4 members (excludes halogenated alkanes) is 1. The van der Waals surface area contributed by atoms with Crippen molar-refractivity contribution in [1.29, 1.82) is 0 Å². The summed E-state index contributed by atoms with van der Waals surface area (Å²) < 4.78 is 0. The number of carbonyl (C=O) groups is 3. The van der Waals surface area contributed by atoms with E-state index in [1.54, 1.807) is 47.4 Å². The van der Waals surface area contributed by atoms with Gasteiger partial charge in [0.25, 0.3) is 5.91 Å². The van der Waals surface area contributed by atoms with E-state index in [4.69, 9.17) is 23.2 Å². The van der Waals surface area contributed by atoms with Gasteiger partial charge in [0, 0.05) is 30.8 Å². The Morgan fingerprint density at radius 3 is 2.53 bits per heavy atom. The topological polar surface area (TPSA) is 78.5 Å². The second kappa shape index (κ2) is 9.96. The molecule has 3 rings (SSSR count). The van der Waals surface area contributed by atoms with Gasteiger partial charge in [0.2, 0.25) is 11.8 Å². The van der Waals surface area contributed by atoms with Gasteiger partial charge < -0.3 is 15.5 Å². The van der Waals surface area contributed by atoms with Crippen LogP contribution in [0.25, 0.3) is 0 Å². The van der Waals surface area contributed by atoms with Crippen LogP contribution in [-0.4, -0.2) is 35.7 Å². The van der Waals surface area contributed by atoms with E-state index in [2.05, 4.69) is 17.6 Å². The molecule has 1 aliphatic heterocycles. The number of likely N-dealkylation sites (tertiary alicyclic amines) is 1. The first-order valence-electron chi connectivity index (χ1n) is 9.83. The van der Waals surface area contributed by atoms with E-state index in [-0.39, 0.29) is 35.1 Å². The molecule has 0 aliphatic carbocycles. The normalized spacial score (nSPS) is 15.9. The van der Waals surface area contributed by atoms with Crippen LogP contribution in [0.2, 0.25) is 10.0 Å². The van der Waals surface area contributed by atoms with Crippen molar-refractivity contribution in [3.05, 3.63) is 58.1 Å². The van der Waals surface area contributed by atoms with Gasteiger partial charge in [-0.2, -0.15) is 0 Å². The second-order valence-electron chi connectivity index (χ2n) is 7.22. The van der Waals surface area contributed by atoms with Gasteiger partial charge in [-0.15, -0.1) is 0 Å². The fraction of sp³-hybridized carbons (Fsp3) is 0.318. The number of halogens is 2. The number of nitrogens with one attached hydrogen (secondary N) is 2. The highest BCUT2D eigenvalue weighted by molar-refractivity contribution is 6.44. The molecule has 158 valence electrons. The van der Waals surface area contributed by atoms with Crippen molar-refractivity contribution >= 4 is 52.3 Å². The summed E-state index contributed by atoms with van der Waals surface area (Å²) in [6.45, 7) is 3.21. The zero-order valence-electron chi connectivity index (χ0n) is 16.6. The molecule has 1 heterocycles. The lowest BCUT2D eigenvalue weighted by molar-refractivity contribution is -0.128. The fourth-order valence-corrected chi connectivity index (χ4v) is 3.60. The first-order chi connectivity index (χ1) is 14.4. The number of amides is 3. The van der Waals surface area contributed by atoms with Crippen molar-refractivity contribution in [2.75, 3.05) is 23.7 Å². The number of nitrogens with zero attached hydrogens (tertiary/aromatic N) is 1. The number of benzene rings is 2. The second-order valence-corrected chi connectivity index (χ2v) is 8.00. The summed E-state index contributed by atoms with van der Waals surface area (Å²) in [5.74, 6) is -0.868. The van der Waals surface area contributed by atoms with E-state index in [0.29, 0.717) is 35.1 Å². The molecule has 30 heavy (non-hydrogen) atoms. The zero-order valence-corrected chi connectivity index (χ0v) is 18.1. The quantitative estimate of drug-likeness (QED) is 0.637. The molecule has 0 saturated carbocycles. The van der Waals surface area contributed by atoms with Crippen molar-refractivity contribution in [3.8, 4) is 0 Å². The minimum absolute atomic E-state index is 0.0234. The van der Waals surface area contributed by atoms with E-state index in [1.165, 1.54) is 0 Å².